The third-order valence-electron chi connectivity index (χ3n) is 4.35. The predicted molar refractivity (Wildman–Crippen MR) is 83.0 cm³/mol. The summed E-state index contributed by atoms with van der Waals surface area (Å²) < 4.78 is 5.34. The molecule has 1 aliphatic rings. The number of rotatable bonds is 5. The summed E-state index contributed by atoms with van der Waals surface area (Å²) in [7, 11) is 1.63. The summed E-state index contributed by atoms with van der Waals surface area (Å²) in [5, 5.41) is 9.00. The maximum Gasteiger partial charge on any atom is 0.306 e. The van der Waals surface area contributed by atoms with Crippen LogP contribution in [0.15, 0.2) is 24.3 Å². The monoisotopic (exact) mass is 305 g/mol. The van der Waals surface area contributed by atoms with E-state index in [0.717, 1.165) is 11.3 Å². The first-order valence-electron chi connectivity index (χ1n) is 7.66. The van der Waals surface area contributed by atoms with E-state index in [0.29, 0.717) is 32.4 Å². The average molecular weight is 305 g/mol. The number of hydrogen-bond donors (Lipinski definition) is 1. The molecule has 22 heavy (non-hydrogen) atoms. The van der Waals surface area contributed by atoms with Crippen LogP contribution >= 0.6 is 0 Å². The number of aliphatic carboxylic acids is 1. The molecule has 1 saturated heterocycles. The van der Waals surface area contributed by atoms with E-state index in [1.165, 1.54) is 0 Å². The summed E-state index contributed by atoms with van der Waals surface area (Å²) in [6.07, 6.45) is 1.51. The molecular formula is C17H23NO4. The molecule has 0 spiro atoms. The van der Waals surface area contributed by atoms with Crippen LogP contribution in [0.1, 0.15) is 37.7 Å². The van der Waals surface area contributed by atoms with Crippen molar-refractivity contribution in [3.63, 3.8) is 0 Å². The lowest BCUT2D eigenvalue weighted by Crippen LogP contribution is -2.40. The number of amides is 1. The van der Waals surface area contributed by atoms with Gasteiger partial charge in [0, 0.05) is 19.5 Å². The van der Waals surface area contributed by atoms with Crippen molar-refractivity contribution in [3.8, 4) is 5.75 Å². The van der Waals surface area contributed by atoms with Crippen molar-refractivity contribution in [1.82, 2.24) is 4.90 Å². The minimum absolute atomic E-state index is 0.0702. The van der Waals surface area contributed by atoms with Crippen LogP contribution in [0.2, 0.25) is 0 Å². The highest BCUT2D eigenvalue weighted by atomic mass is 16.5. The standard InChI is InChI=1S/C17H23NO4/c1-12(14-5-3-4-6-15(14)22-2)11-16(19)18-9-7-13(8-10-18)17(20)21/h3-6,12-13H,7-11H2,1-2H3,(H,20,21)/t12-/m1/s1. The third kappa shape index (κ3) is 3.78. The van der Waals surface area contributed by atoms with Gasteiger partial charge in [0.1, 0.15) is 5.75 Å². The van der Waals surface area contributed by atoms with Gasteiger partial charge in [0.25, 0.3) is 0 Å². The number of carbonyl (C=O) groups excluding carboxylic acids is 1. The lowest BCUT2D eigenvalue weighted by molar-refractivity contribution is -0.145. The van der Waals surface area contributed by atoms with Gasteiger partial charge in [-0.3, -0.25) is 9.59 Å². The molecule has 1 aliphatic heterocycles. The average Bonchev–Trinajstić information content (AvgIpc) is 2.54. The van der Waals surface area contributed by atoms with Crippen LogP contribution in [-0.4, -0.2) is 42.1 Å². The number of benzene rings is 1. The van der Waals surface area contributed by atoms with Crippen LogP contribution in [0.25, 0.3) is 0 Å². The fourth-order valence-corrected chi connectivity index (χ4v) is 2.95. The van der Waals surface area contributed by atoms with Gasteiger partial charge in [-0.15, -0.1) is 0 Å². The lowest BCUT2D eigenvalue weighted by Gasteiger charge is -2.31. The Bertz CT molecular complexity index is 535. The van der Waals surface area contributed by atoms with Crippen molar-refractivity contribution in [1.29, 1.82) is 0 Å². The van der Waals surface area contributed by atoms with Gasteiger partial charge in [-0.05, 0) is 30.4 Å². The fraction of sp³-hybridized carbons (Fsp3) is 0.529. The zero-order chi connectivity index (χ0) is 16.1. The van der Waals surface area contributed by atoms with Crippen LogP contribution in [0.4, 0.5) is 0 Å². The zero-order valence-electron chi connectivity index (χ0n) is 13.1. The molecule has 5 heteroatoms. The van der Waals surface area contributed by atoms with Gasteiger partial charge in [0.05, 0.1) is 13.0 Å². The van der Waals surface area contributed by atoms with E-state index in [1.54, 1.807) is 12.0 Å². The molecule has 0 aliphatic carbocycles. The van der Waals surface area contributed by atoms with E-state index in [2.05, 4.69) is 0 Å². The van der Waals surface area contributed by atoms with E-state index in [9.17, 15) is 9.59 Å². The summed E-state index contributed by atoms with van der Waals surface area (Å²) in [5.74, 6) is -0.111. The number of carbonyl (C=O) groups is 2. The van der Waals surface area contributed by atoms with Gasteiger partial charge in [0.15, 0.2) is 0 Å². The van der Waals surface area contributed by atoms with Crippen LogP contribution in [-0.2, 0) is 9.59 Å². The summed E-state index contributed by atoms with van der Waals surface area (Å²) in [6, 6.07) is 7.73. The fourth-order valence-electron chi connectivity index (χ4n) is 2.95. The van der Waals surface area contributed by atoms with Crippen LogP contribution in [0, 0.1) is 5.92 Å². The lowest BCUT2D eigenvalue weighted by atomic mass is 9.94. The molecule has 120 valence electrons. The number of likely N-dealkylation sites (tertiary alicyclic amines) is 1. The predicted octanol–water partition coefficient (Wildman–Crippen LogP) is 2.51. The van der Waals surface area contributed by atoms with Crippen LogP contribution in [0.5, 0.6) is 5.75 Å². The number of nitrogens with zero attached hydrogens (tertiary/aromatic N) is 1. The highest BCUT2D eigenvalue weighted by Crippen LogP contribution is 2.29. The smallest absolute Gasteiger partial charge is 0.306 e. The van der Waals surface area contributed by atoms with Crippen molar-refractivity contribution in [3.05, 3.63) is 29.8 Å². The number of carboxylic acids is 1. The number of carboxylic acid groups (broad SMARTS) is 1. The minimum atomic E-state index is -0.755. The number of piperidine rings is 1. The highest BCUT2D eigenvalue weighted by molar-refractivity contribution is 5.78. The van der Waals surface area contributed by atoms with Gasteiger partial charge in [-0.2, -0.15) is 0 Å². The molecule has 1 heterocycles. The van der Waals surface area contributed by atoms with Gasteiger partial charge in [0.2, 0.25) is 5.91 Å². The largest absolute Gasteiger partial charge is 0.496 e. The second-order valence-corrected chi connectivity index (χ2v) is 5.84. The molecule has 1 amide bonds. The first kappa shape index (κ1) is 16.3. The first-order valence-corrected chi connectivity index (χ1v) is 7.66. The van der Waals surface area contributed by atoms with Crippen LogP contribution < -0.4 is 4.74 Å². The SMILES string of the molecule is COc1ccccc1[C@H](C)CC(=O)N1CCC(C(=O)O)CC1. The molecule has 0 unspecified atom stereocenters. The van der Waals surface area contributed by atoms with Crippen molar-refractivity contribution >= 4 is 11.9 Å². The Morgan fingerprint density at radius 2 is 1.95 bits per heavy atom. The maximum absolute atomic E-state index is 12.4. The van der Waals surface area contributed by atoms with Crippen molar-refractivity contribution in [2.24, 2.45) is 5.92 Å². The number of para-hydroxylation sites is 1. The van der Waals surface area contributed by atoms with E-state index in [4.69, 9.17) is 9.84 Å². The molecule has 0 radical (unpaired) electrons. The molecule has 1 fully saturated rings. The van der Waals surface area contributed by atoms with E-state index >= 15 is 0 Å². The molecule has 1 aromatic rings. The minimum Gasteiger partial charge on any atom is -0.496 e. The van der Waals surface area contributed by atoms with Gasteiger partial charge in [-0.25, -0.2) is 0 Å². The molecule has 5 nitrogen and oxygen atoms in total. The van der Waals surface area contributed by atoms with Crippen molar-refractivity contribution in [2.45, 2.75) is 32.1 Å². The number of ether oxygens (including phenoxy) is 1. The number of hydrogen-bond acceptors (Lipinski definition) is 3. The number of methoxy groups -OCH3 is 1. The second kappa shape index (κ2) is 7.29. The summed E-state index contributed by atoms with van der Waals surface area (Å²) in [4.78, 5) is 25.1. The van der Waals surface area contributed by atoms with Gasteiger partial charge in [-0.1, -0.05) is 25.1 Å². The Morgan fingerprint density at radius 3 is 2.55 bits per heavy atom. The van der Waals surface area contributed by atoms with E-state index in [-0.39, 0.29) is 17.7 Å². The molecule has 1 aromatic carbocycles. The normalized spacial score (nSPS) is 17.1. The van der Waals surface area contributed by atoms with Crippen molar-refractivity contribution in [2.75, 3.05) is 20.2 Å². The van der Waals surface area contributed by atoms with Crippen LogP contribution in [0.3, 0.4) is 0 Å². The Hall–Kier alpha value is -2.04. The van der Waals surface area contributed by atoms with E-state index < -0.39 is 5.97 Å². The molecule has 2 rings (SSSR count). The van der Waals surface area contributed by atoms with E-state index in [1.807, 2.05) is 31.2 Å². The van der Waals surface area contributed by atoms with Gasteiger partial charge >= 0.3 is 5.97 Å². The molecule has 0 saturated carbocycles. The summed E-state index contributed by atoms with van der Waals surface area (Å²) in [5.41, 5.74) is 1.03. The highest BCUT2D eigenvalue weighted by Gasteiger charge is 2.27. The molecular weight excluding hydrogens is 282 g/mol. The zero-order valence-corrected chi connectivity index (χ0v) is 13.1. The molecule has 0 aromatic heterocycles. The molecule has 1 atom stereocenters. The molecule has 0 bridgehead atoms. The maximum atomic E-state index is 12.4. The van der Waals surface area contributed by atoms with Crippen molar-refractivity contribution < 1.29 is 19.4 Å². The van der Waals surface area contributed by atoms with Gasteiger partial charge < -0.3 is 14.7 Å². The second-order valence-electron chi connectivity index (χ2n) is 5.84. The Labute approximate surface area is 130 Å². The first-order chi connectivity index (χ1) is 10.5. The summed E-state index contributed by atoms with van der Waals surface area (Å²) >= 11 is 0. The summed E-state index contributed by atoms with van der Waals surface area (Å²) in [6.45, 7) is 3.09. The Balaban J connectivity index is 1.93. The topological polar surface area (TPSA) is 66.8 Å². The Morgan fingerprint density at radius 1 is 1.32 bits per heavy atom. The molecule has 1 N–H and O–H groups in total. The Kier molecular flexibility index (Phi) is 5.41. The quantitative estimate of drug-likeness (QED) is 0.907. The third-order valence-corrected chi connectivity index (χ3v) is 4.35.